The Morgan fingerprint density at radius 2 is 1.91 bits per heavy atom. The second-order valence-corrected chi connectivity index (χ2v) is 7.21. The Labute approximate surface area is 131 Å². The van der Waals surface area contributed by atoms with Crippen LogP contribution in [-0.4, -0.2) is 57.3 Å². The lowest BCUT2D eigenvalue weighted by molar-refractivity contribution is -0.136. The van der Waals surface area contributed by atoms with E-state index in [1.165, 1.54) is 0 Å². The molecule has 6 nitrogen and oxygen atoms in total. The van der Waals surface area contributed by atoms with Gasteiger partial charge in [-0.2, -0.15) is 0 Å². The molecule has 1 aliphatic heterocycles. The molecule has 0 bridgehead atoms. The average Bonchev–Trinajstić information content (AvgIpc) is 2.54. The molecular formula is C15H22N2O4S. The zero-order valence-electron chi connectivity index (χ0n) is 12.7. The summed E-state index contributed by atoms with van der Waals surface area (Å²) in [4.78, 5) is 13.8. The van der Waals surface area contributed by atoms with Crippen molar-refractivity contribution in [3.05, 3.63) is 35.9 Å². The first kappa shape index (κ1) is 16.9. The van der Waals surface area contributed by atoms with E-state index in [-0.39, 0.29) is 11.7 Å². The van der Waals surface area contributed by atoms with Crippen molar-refractivity contribution in [2.75, 3.05) is 32.1 Å². The summed E-state index contributed by atoms with van der Waals surface area (Å²) in [5.74, 6) is -0.232. The van der Waals surface area contributed by atoms with Gasteiger partial charge in [0.25, 0.3) is 0 Å². The first-order chi connectivity index (χ1) is 10.5. The number of aryl methyl sites for hydroxylation is 1. The molecule has 1 saturated heterocycles. The van der Waals surface area contributed by atoms with E-state index in [1.54, 1.807) is 11.8 Å². The number of hydrogen-bond acceptors (Lipinski definition) is 4. The third-order valence-corrected chi connectivity index (χ3v) is 5.01. The lowest BCUT2D eigenvalue weighted by atomic mass is 10.2. The summed E-state index contributed by atoms with van der Waals surface area (Å²) in [6, 6.07) is 8.66. The molecule has 1 atom stereocenters. The van der Waals surface area contributed by atoms with Crippen molar-refractivity contribution in [1.82, 2.24) is 9.62 Å². The molecule has 1 aromatic carbocycles. The normalized spacial score (nSPS) is 17.2. The summed E-state index contributed by atoms with van der Waals surface area (Å²) in [6.07, 6.45) is 0.425. The van der Waals surface area contributed by atoms with Gasteiger partial charge in [0, 0.05) is 13.1 Å². The number of nitrogens with zero attached hydrogens (tertiary/aromatic N) is 1. The molecule has 0 aliphatic carbocycles. The molecule has 122 valence electrons. The van der Waals surface area contributed by atoms with E-state index >= 15 is 0 Å². The number of nitrogens with one attached hydrogen (secondary N) is 1. The Hall–Kier alpha value is -1.44. The summed E-state index contributed by atoms with van der Waals surface area (Å²) in [7, 11) is -3.49. The molecule has 1 amide bonds. The second kappa shape index (κ2) is 7.71. The molecule has 1 N–H and O–H groups in total. The fourth-order valence-electron chi connectivity index (χ4n) is 2.33. The number of carbonyl (C=O) groups is 1. The van der Waals surface area contributed by atoms with Crippen LogP contribution in [0, 0.1) is 0 Å². The third kappa shape index (κ3) is 5.08. The predicted molar refractivity (Wildman–Crippen MR) is 83.9 cm³/mol. The average molecular weight is 326 g/mol. The van der Waals surface area contributed by atoms with Crippen molar-refractivity contribution >= 4 is 15.9 Å². The fourth-order valence-corrected chi connectivity index (χ4v) is 3.59. The molecule has 7 heteroatoms. The summed E-state index contributed by atoms with van der Waals surface area (Å²) < 4.78 is 31.8. The van der Waals surface area contributed by atoms with Crippen molar-refractivity contribution in [1.29, 1.82) is 0 Å². The molecule has 0 radical (unpaired) electrons. The van der Waals surface area contributed by atoms with Crippen molar-refractivity contribution in [2.45, 2.75) is 19.4 Å². The van der Waals surface area contributed by atoms with Gasteiger partial charge in [-0.25, -0.2) is 13.1 Å². The lowest BCUT2D eigenvalue weighted by Crippen LogP contribution is -2.50. The number of rotatable bonds is 6. The van der Waals surface area contributed by atoms with E-state index in [2.05, 4.69) is 4.72 Å². The zero-order valence-corrected chi connectivity index (χ0v) is 13.5. The van der Waals surface area contributed by atoms with Gasteiger partial charge in [0.15, 0.2) is 0 Å². The maximum atomic E-state index is 12.2. The second-order valence-electron chi connectivity index (χ2n) is 5.33. The molecule has 2 rings (SSSR count). The van der Waals surface area contributed by atoms with Gasteiger partial charge in [-0.3, -0.25) is 4.79 Å². The monoisotopic (exact) mass is 326 g/mol. The SMILES string of the molecule is C[C@H](NS(=O)(=O)CCc1ccccc1)C(=O)N1CCOCC1. The summed E-state index contributed by atoms with van der Waals surface area (Å²) in [6.45, 7) is 3.60. The van der Waals surface area contributed by atoms with Crippen LogP contribution in [0.2, 0.25) is 0 Å². The summed E-state index contributed by atoms with van der Waals surface area (Å²) >= 11 is 0. The van der Waals surface area contributed by atoms with Gasteiger partial charge in [-0.05, 0) is 18.9 Å². The standard InChI is InChI=1S/C15H22N2O4S/c1-13(15(18)17-8-10-21-11-9-17)16-22(19,20)12-7-14-5-3-2-4-6-14/h2-6,13,16H,7-12H2,1H3/t13-/m0/s1. The van der Waals surface area contributed by atoms with Gasteiger partial charge in [-0.1, -0.05) is 30.3 Å². The molecule has 0 spiro atoms. The highest BCUT2D eigenvalue weighted by molar-refractivity contribution is 7.89. The van der Waals surface area contributed by atoms with E-state index in [4.69, 9.17) is 4.74 Å². The molecule has 1 fully saturated rings. The minimum absolute atomic E-state index is 0.0300. The largest absolute Gasteiger partial charge is 0.378 e. The predicted octanol–water partition coefficient (Wildman–Crippen LogP) is 0.396. The van der Waals surface area contributed by atoms with Crippen molar-refractivity contribution in [3.63, 3.8) is 0 Å². The van der Waals surface area contributed by atoms with Crippen LogP contribution in [0.4, 0.5) is 0 Å². The third-order valence-electron chi connectivity index (χ3n) is 3.55. The Morgan fingerprint density at radius 1 is 1.27 bits per heavy atom. The van der Waals surface area contributed by atoms with Crippen LogP contribution in [-0.2, 0) is 26.0 Å². The number of hydrogen-bond donors (Lipinski definition) is 1. The maximum Gasteiger partial charge on any atom is 0.240 e. The number of ether oxygens (including phenoxy) is 1. The van der Waals surface area contributed by atoms with Crippen LogP contribution < -0.4 is 4.72 Å². The highest BCUT2D eigenvalue weighted by Crippen LogP contribution is 2.04. The Kier molecular flexibility index (Phi) is 5.93. The molecular weight excluding hydrogens is 304 g/mol. The van der Waals surface area contributed by atoms with Crippen LogP contribution >= 0.6 is 0 Å². The van der Waals surface area contributed by atoms with Crippen LogP contribution in [0.15, 0.2) is 30.3 Å². The van der Waals surface area contributed by atoms with Crippen molar-refractivity contribution in [2.24, 2.45) is 0 Å². The highest BCUT2D eigenvalue weighted by atomic mass is 32.2. The first-order valence-electron chi connectivity index (χ1n) is 7.38. The molecule has 1 aliphatic rings. The minimum Gasteiger partial charge on any atom is -0.378 e. The van der Waals surface area contributed by atoms with Gasteiger partial charge < -0.3 is 9.64 Å². The molecule has 0 aromatic heterocycles. The highest BCUT2D eigenvalue weighted by Gasteiger charge is 2.25. The minimum atomic E-state index is -3.49. The fraction of sp³-hybridized carbons (Fsp3) is 0.533. The molecule has 1 aromatic rings. The van der Waals surface area contributed by atoms with Gasteiger partial charge in [0.2, 0.25) is 15.9 Å². The number of morpholine rings is 1. The van der Waals surface area contributed by atoms with E-state index in [0.717, 1.165) is 5.56 Å². The van der Waals surface area contributed by atoms with Gasteiger partial charge in [0.1, 0.15) is 0 Å². The van der Waals surface area contributed by atoms with Crippen LogP contribution in [0.3, 0.4) is 0 Å². The van der Waals surface area contributed by atoms with Crippen molar-refractivity contribution < 1.29 is 17.9 Å². The van der Waals surface area contributed by atoms with E-state index in [9.17, 15) is 13.2 Å². The van der Waals surface area contributed by atoms with E-state index < -0.39 is 16.1 Å². The van der Waals surface area contributed by atoms with Crippen molar-refractivity contribution in [3.8, 4) is 0 Å². The summed E-state index contributed by atoms with van der Waals surface area (Å²) in [5.41, 5.74) is 0.958. The zero-order chi connectivity index (χ0) is 16.0. The molecule has 1 heterocycles. The Bertz CT molecular complexity index is 583. The van der Waals surface area contributed by atoms with E-state index in [0.29, 0.717) is 32.7 Å². The number of carbonyl (C=O) groups excluding carboxylic acids is 1. The van der Waals surface area contributed by atoms with Gasteiger partial charge in [0.05, 0.1) is 25.0 Å². The molecule has 0 unspecified atom stereocenters. The smallest absolute Gasteiger partial charge is 0.240 e. The number of amides is 1. The topological polar surface area (TPSA) is 75.7 Å². The first-order valence-corrected chi connectivity index (χ1v) is 9.03. The quantitative estimate of drug-likeness (QED) is 0.821. The number of sulfonamides is 1. The Balaban J connectivity index is 1.86. The number of benzene rings is 1. The van der Waals surface area contributed by atoms with Crippen LogP contribution in [0.5, 0.6) is 0 Å². The molecule has 0 saturated carbocycles. The van der Waals surface area contributed by atoms with Crippen LogP contribution in [0.1, 0.15) is 12.5 Å². The van der Waals surface area contributed by atoms with Gasteiger partial charge in [-0.15, -0.1) is 0 Å². The van der Waals surface area contributed by atoms with Gasteiger partial charge >= 0.3 is 0 Å². The lowest BCUT2D eigenvalue weighted by Gasteiger charge is -2.29. The molecule has 22 heavy (non-hydrogen) atoms. The Morgan fingerprint density at radius 3 is 2.55 bits per heavy atom. The summed E-state index contributed by atoms with van der Waals surface area (Å²) in [5, 5.41) is 0. The maximum absolute atomic E-state index is 12.2. The van der Waals surface area contributed by atoms with E-state index in [1.807, 2.05) is 30.3 Å². The van der Waals surface area contributed by atoms with Crippen LogP contribution in [0.25, 0.3) is 0 Å².